The molecule has 0 unspecified atom stereocenters. The van der Waals surface area contributed by atoms with Gasteiger partial charge >= 0.3 is 0 Å². The molecule has 0 radical (unpaired) electrons. The van der Waals surface area contributed by atoms with Gasteiger partial charge in [-0.25, -0.2) is 0 Å². The van der Waals surface area contributed by atoms with Crippen molar-refractivity contribution in [1.29, 1.82) is 0 Å². The minimum atomic E-state index is -0.199. The molecule has 1 saturated carbocycles. The molecule has 68 valence electrons. The van der Waals surface area contributed by atoms with Gasteiger partial charge in [0.1, 0.15) is 0 Å². The van der Waals surface area contributed by atoms with Crippen LogP contribution in [-0.4, -0.2) is 5.11 Å². The van der Waals surface area contributed by atoms with Gasteiger partial charge in [-0.15, -0.1) is 0 Å². The van der Waals surface area contributed by atoms with E-state index in [1.165, 1.54) is 17.5 Å². The molecule has 0 bridgehead atoms. The summed E-state index contributed by atoms with van der Waals surface area (Å²) in [5, 5.41) is 10.0. The molecular weight excluding hydrogens is 160 g/mol. The van der Waals surface area contributed by atoms with Crippen LogP contribution in [0, 0.1) is 11.3 Å². The fraction of sp³-hybridized carbons (Fsp3) is 0.500. The largest absolute Gasteiger partial charge is 0.388 e. The first kappa shape index (κ1) is 7.57. The summed E-state index contributed by atoms with van der Waals surface area (Å²) in [6.45, 7) is 2.29. The topological polar surface area (TPSA) is 20.2 Å². The van der Waals surface area contributed by atoms with Gasteiger partial charge in [-0.05, 0) is 35.3 Å². The second kappa shape index (κ2) is 2.16. The number of aliphatic hydroxyl groups excluding tert-OH is 1. The van der Waals surface area contributed by atoms with Gasteiger partial charge in [-0.2, -0.15) is 0 Å². The van der Waals surface area contributed by atoms with Crippen LogP contribution in [0.15, 0.2) is 24.3 Å². The Bertz CT molecular complexity index is 358. The third kappa shape index (κ3) is 0.910. The van der Waals surface area contributed by atoms with E-state index in [2.05, 4.69) is 25.1 Å². The lowest BCUT2D eigenvalue weighted by atomic mass is 9.83. The zero-order valence-electron chi connectivity index (χ0n) is 7.83. The van der Waals surface area contributed by atoms with Crippen LogP contribution in [0.1, 0.15) is 30.6 Å². The van der Waals surface area contributed by atoms with Crippen molar-refractivity contribution in [1.82, 2.24) is 0 Å². The summed E-state index contributed by atoms with van der Waals surface area (Å²) in [7, 11) is 0. The van der Waals surface area contributed by atoms with Crippen LogP contribution in [0.2, 0.25) is 0 Å². The molecule has 1 fully saturated rings. The summed E-state index contributed by atoms with van der Waals surface area (Å²) < 4.78 is 0. The summed E-state index contributed by atoms with van der Waals surface area (Å²) in [5.74, 6) is 0.530. The molecule has 1 N–H and O–H groups in total. The quantitative estimate of drug-likeness (QED) is 0.640. The Kier molecular flexibility index (Phi) is 1.26. The summed E-state index contributed by atoms with van der Waals surface area (Å²) >= 11 is 0. The maximum atomic E-state index is 10.0. The van der Waals surface area contributed by atoms with Crippen LogP contribution in [-0.2, 0) is 6.42 Å². The Hall–Kier alpha value is -0.820. The second-order valence-electron chi connectivity index (χ2n) is 4.79. The van der Waals surface area contributed by atoms with E-state index < -0.39 is 0 Å². The fourth-order valence-corrected chi connectivity index (χ4v) is 2.78. The lowest BCUT2D eigenvalue weighted by molar-refractivity contribution is 0.126. The highest BCUT2D eigenvalue weighted by Crippen LogP contribution is 2.63. The zero-order valence-corrected chi connectivity index (χ0v) is 7.83. The average molecular weight is 174 g/mol. The van der Waals surface area contributed by atoms with Crippen molar-refractivity contribution < 1.29 is 5.11 Å². The van der Waals surface area contributed by atoms with Crippen LogP contribution in [0.5, 0.6) is 0 Å². The fourth-order valence-electron chi connectivity index (χ4n) is 2.78. The van der Waals surface area contributed by atoms with Crippen molar-refractivity contribution in [2.24, 2.45) is 11.3 Å². The molecule has 0 heterocycles. The van der Waals surface area contributed by atoms with E-state index in [1.807, 2.05) is 6.07 Å². The number of hydrogen-bond acceptors (Lipinski definition) is 1. The van der Waals surface area contributed by atoms with Gasteiger partial charge in [0.05, 0.1) is 6.10 Å². The highest BCUT2D eigenvalue weighted by Gasteiger charge is 2.56. The molecule has 2 aliphatic carbocycles. The summed E-state index contributed by atoms with van der Waals surface area (Å²) in [4.78, 5) is 0. The van der Waals surface area contributed by atoms with E-state index in [-0.39, 0.29) is 6.10 Å². The molecule has 1 nitrogen and oxygen atoms in total. The smallest absolute Gasteiger partial charge is 0.0826 e. The maximum absolute atomic E-state index is 10.0. The Balaban J connectivity index is 2.11. The normalized spacial score (nSPS) is 40.8. The highest BCUT2D eigenvalue weighted by molar-refractivity contribution is 5.37. The van der Waals surface area contributed by atoms with Gasteiger partial charge in [-0.1, -0.05) is 31.2 Å². The van der Waals surface area contributed by atoms with Gasteiger partial charge in [0.25, 0.3) is 0 Å². The van der Waals surface area contributed by atoms with Crippen molar-refractivity contribution >= 4 is 0 Å². The standard InChI is InChI=1S/C12H14O/c1-12-6-8-4-2-3-5-9(8)11(13)10(12)7-12/h2-5,10-11,13H,6-7H2,1H3/t10-,11+,12-/m0/s1. The van der Waals surface area contributed by atoms with E-state index in [4.69, 9.17) is 0 Å². The van der Waals surface area contributed by atoms with Crippen LogP contribution in [0.25, 0.3) is 0 Å². The summed E-state index contributed by atoms with van der Waals surface area (Å²) in [6, 6.07) is 8.31. The molecule has 0 amide bonds. The first-order valence-electron chi connectivity index (χ1n) is 4.97. The lowest BCUT2D eigenvalue weighted by Gasteiger charge is -2.25. The SMILES string of the molecule is C[C@@]12Cc3ccccc3[C@@H](O)[C@@H]1C2. The van der Waals surface area contributed by atoms with Crippen molar-refractivity contribution in [3.05, 3.63) is 35.4 Å². The molecule has 2 aliphatic rings. The number of fused-ring (bicyclic) bond motifs is 2. The predicted molar refractivity (Wildman–Crippen MR) is 51.3 cm³/mol. The first-order valence-corrected chi connectivity index (χ1v) is 4.97. The van der Waals surface area contributed by atoms with E-state index in [0.29, 0.717) is 11.3 Å². The molecule has 0 aromatic heterocycles. The van der Waals surface area contributed by atoms with Crippen LogP contribution < -0.4 is 0 Å². The van der Waals surface area contributed by atoms with Crippen LogP contribution in [0.3, 0.4) is 0 Å². The predicted octanol–water partition coefficient (Wildman–Crippen LogP) is 2.30. The van der Waals surface area contributed by atoms with Gasteiger partial charge < -0.3 is 5.11 Å². The zero-order chi connectivity index (χ0) is 9.05. The molecule has 3 atom stereocenters. The Morgan fingerprint density at radius 3 is 3.00 bits per heavy atom. The van der Waals surface area contributed by atoms with Crippen molar-refractivity contribution in [2.75, 3.05) is 0 Å². The number of rotatable bonds is 0. The molecule has 0 saturated heterocycles. The number of benzene rings is 1. The molecule has 3 rings (SSSR count). The van der Waals surface area contributed by atoms with Gasteiger partial charge in [0.15, 0.2) is 0 Å². The monoisotopic (exact) mass is 174 g/mol. The van der Waals surface area contributed by atoms with Crippen molar-refractivity contribution in [3.8, 4) is 0 Å². The molecule has 1 aromatic carbocycles. The molecule has 1 aromatic rings. The molecular formula is C12H14O. The van der Waals surface area contributed by atoms with E-state index in [9.17, 15) is 5.11 Å². The average Bonchev–Trinajstić information content (AvgIpc) is 2.78. The van der Waals surface area contributed by atoms with Gasteiger partial charge in [0, 0.05) is 0 Å². The lowest BCUT2D eigenvalue weighted by Crippen LogP contribution is -2.17. The molecule has 13 heavy (non-hydrogen) atoms. The van der Waals surface area contributed by atoms with Crippen LogP contribution in [0.4, 0.5) is 0 Å². The first-order chi connectivity index (χ1) is 6.21. The van der Waals surface area contributed by atoms with E-state index >= 15 is 0 Å². The maximum Gasteiger partial charge on any atom is 0.0826 e. The minimum Gasteiger partial charge on any atom is -0.388 e. The molecule has 1 heteroatoms. The number of aliphatic hydroxyl groups is 1. The summed E-state index contributed by atoms with van der Waals surface area (Å²) in [5.41, 5.74) is 2.93. The van der Waals surface area contributed by atoms with Gasteiger partial charge in [0.2, 0.25) is 0 Å². The third-order valence-electron chi connectivity index (χ3n) is 3.77. The Morgan fingerprint density at radius 2 is 2.15 bits per heavy atom. The molecule has 0 aliphatic heterocycles. The Labute approximate surface area is 78.4 Å². The van der Waals surface area contributed by atoms with Crippen molar-refractivity contribution in [3.63, 3.8) is 0 Å². The highest BCUT2D eigenvalue weighted by atomic mass is 16.3. The van der Waals surface area contributed by atoms with E-state index in [0.717, 1.165) is 6.42 Å². The minimum absolute atomic E-state index is 0.199. The number of hydrogen-bond donors (Lipinski definition) is 1. The van der Waals surface area contributed by atoms with Gasteiger partial charge in [-0.3, -0.25) is 0 Å². The third-order valence-corrected chi connectivity index (χ3v) is 3.77. The second-order valence-corrected chi connectivity index (χ2v) is 4.79. The molecule has 0 spiro atoms. The Morgan fingerprint density at radius 1 is 1.38 bits per heavy atom. The van der Waals surface area contributed by atoms with E-state index in [1.54, 1.807) is 0 Å². The van der Waals surface area contributed by atoms with Crippen molar-refractivity contribution in [2.45, 2.75) is 25.9 Å². The van der Waals surface area contributed by atoms with Crippen LogP contribution >= 0.6 is 0 Å². The summed E-state index contributed by atoms with van der Waals surface area (Å²) in [6.07, 6.45) is 2.16.